The number of pyridine rings is 1. The van der Waals surface area contributed by atoms with E-state index in [9.17, 15) is 9.50 Å². The van der Waals surface area contributed by atoms with E-state index in [1.807, 2.05) is 24.1 Å². The van der Waals surface area contributed by atoms with Crippen molar-refractivity contribution in [2.75, 3.05) is 11.9 Å². The van der Waals surface area contributed by atoms with Gasteiger partial charge in [-0.3, -0.25) is 0 Å². The van der Waals surface area contributed by atoms with Crippen LogP contribution in [0.15, 0.2) is 42.6 Å². The fraction of sp³-hybridized carbons (Fsp3) is 0.214. The molecule has 0 atom stereocenters. The van der Waals surface area contributed by atoms with Crippen LogP contribution in [0.4, 0.5) is 10.2 Å². The van der Waals surface area contributed by atoms with Gasteiger partial charge in [0, 0.05) is 25.4 Å². The number of rotatable bonds is 4. The zero-order chi connectivity index (χ0) is 13.0. The molecule has 2 rings (SSSR count). The molecular formula is C14H15FN2O. The number of hydrogen-bond acceptors (Lipinski definition) is 3. The predicted molar refractivity (Wildman–Crippen MR) is 68.7 cm³/mol. The van der Waals surface area contributed by atoms with Crippen molar-refractivity contribution < 1.29 is 9.50 Å². The Morgan fingerprint density at radius 2 is 2.11 bits per heavy atom. The van der Waals surface area contributed by atoms with Crippen LogP contribution in [0, 0.1) is 5.82 Å². The molecule has 0 radical (unpaired) electrons. The summed E-state index contributed by atoms with van der Waals surface area (Å²) < 4.78 is 13.1. The van der Waals surface area contributed by atoms with E-state index in [1.165, 1.54) is 12.1 Å². The van der Waals surface area contributed by atoms with Crippen molar-refractivity contribution in [3.8, 4) is 0 Å². The zero-order valence-corrected chi connectivity index (χ0v) is 10.2. The van der Waals surface area contributed by atoms with Gasteiger partial charge in [0.05, 0.1) is 6.61 Å². The minimum Gasteiger partial charge on any atom is -0.392 e. The molecule has 18 heavy (non-hydrogen) atoms. The molecule has 3 nitrogen and oxygen atoms in total. The third-order valence-electron chi connectivity index (χ3n) is 2.71. The minimum absolute atomic E-state index is 0.0589. The van der Waals surface area contributed by atoms with Crippen molar-refractivity contribution in [2.45, 2.75) is 13.2 Å². The van der Waals surface area contributed by atoms with Crippen LogP contribution in [0.2, 0.25) is 0 Å². The van der Waals surface area contributed by atoms with Crippen LogP contribution in [-0.4, -0.2) is 17.1 Å². The summed E-state index contributed by atoms with van der Waals surface area (Å²) in [5, 5.41) is 9.25. The van der Waals surface area contributed by atoms with E-state index in [0.717, 1.165) is 11.1 Å². The minimum atomic E-state index is -0.246. The van der Waals surface area contributed by atoms with Gasteiger partial charge in [-0.2, -0.15) is 0 Å². The van der Waals surface area contributed by atoms with Crippen LogP contribution in [0.3, 0.4) is 0 Å². The number of nitrogens with zero attached hydrogens (tertiary/aromatic N) is 2. The lowest BCUT2D eigenvalue weighted by molar-refractivity contribution is 0.281. The molecule has 0 saturated carbocycles. The van der Waals surface area contributed by atoms with Crippen molar-refractivity contribution in [2.24, 2.45) is 0 Å². The van der Waals surface area contributed by atoms with E-state index < -0.39 is 0 Å². The maximum absolute atomic E-state index is 13.1. The average molecular weight is 246 g/mol. The van der Waals surface area contributed by atoms with Gasteiger partial charge < -0.3 is 10.0 Å². The summed E-state index contributed by atoms with van der Waals surface area (Å²) in [4.78, 5) is 6.13. The summed E-state index contributed by atoms with van der Waals surface area (Å²) in [5.41, 5.74) is 1.63. The molecule has 0 aliphatic rings. The Morgan fingerprint density at radius 3 is 2.83 bits per heavy atom. The van der Waals surface area contributed by atoms with Gasteiger partial charge in [0.15, 0.2) is 0 Å². The standard InChI is InChI=1S/C14H15FN2O/c1-17(9-11-4-2-6-13(15)8-11)14-12(10-18)5-3-7-16-14/h2-8,18H,9-10H2,1H3. The molecule has 0 aliphatic heterocycles. The summed E-state index contributed by atoms with van der Waals surface area (Å²) in [6.45, 7) is 0.485. The molecule has 1 aromatic carbocycles. The van der Waals surface area contributed by atoms with Gasteiger partial charge in [0.2, 0.25) is 0 Å². The fourth-order valence-corrected chi connectivity index (χ4v) is 1.88. The second-order valence-corrected chi connectivity index (χ2v) is 4.13. The third-order valence-corrected chi connectivity index (χ3v) is 2.71. The van der Waals surface area contributed by atoms with E-state index >= 15 is 0 Å². The Bertz CT molecular complexity index is 531. The molecule has 0 aliphatic carbocycles. The first-order chi connectivity index (χ1) is 8.70. The van der Waals surface area contributed by atoms with Crippen molar-refractivity contribution in [1.29, 1.82) is 0 Å². The van der Waals surface area contributed by atoms with E-state index in [2.05, 4.69) is 4.98 Å². The highest BCUT2D eigenvalue weighted by Gasteiger charge is 2.08. The van der Waals surface area contributed by atoms with Gasteiger partial charge >= 0.3 is 0 Å². The van der Waals surface area contributed by atoms with Gasteiger partial charge in [-0.1, -0.05) is 18.2 Å². The Morgan fingerprint density at radius 1 is 1.28 bits per heavy atom. The highest BCUT2D eigenvalue weighted by atomic mass is 19.1. The van der Waals surface area contributed by atoms with Crippen LogP contribution in [0.25, 0.3) is 0 Å². The highest BCUT2D eigenvalue weighted by Crippen LogP contribution is 2.18. The predicted octanol–water partition coefficient (Wildman–Crippen LogP) is 2.35. The van der Waals surface area contributed by atoms with Crippen LogP contribution in [0.1, 0.15) is 11.1 Å². The molecule has 0 saturated heterocycles. The number of aromatic nitrogens is 1. The molecule has 0 fully saturated rings. The van der Waals surface area contributed by atoms with Gasteiger partial charge in [-0.15, -0.1) is 0 Å². The van der Waals surface area contributed by atoms with Crippen molar-refractivity contribution in [3.05, 3.63) is 59.5 Å². The Hall–Kier alpha value is -1.94. The fourth-order valence-electron chi connectivity index (χ4n) is 1.88. The lowest BCUT2D eigenvalue weighted by Gasteiger charge is -2.20. The van der Waals surface area contributed by atoms with Gasteiger partial charge in [0.1, 0.15) is 11.6 Å². The molecule has 1 heterocycles. The summed E-state index contributed by atoms with van der Waals surface area (Å²) >= 11 is 0. The number of anilines is 1. The second-order valence-electron chi connectivity index (χ2n) is 4.13. The molecule has 0 amide bonds. The summed E-state index contributed by atoms with van der Waals surface area (Å²) in [5.74, 6) is 0.466. The van der Waals surface area contributed by atoms with Crippen LogP contribution < -0.4 is 4.90 Å². The molecule has 2 aromatic rings. The molecule has 0 unspecified atom stereocenters. The average Bonchev–Trinajstić information content (AvgIpc) is 2.38. The maximum atomic E-state index is 13.1. The number of aliphatic hydroxyl groups is 1. The van der Waals surface area contributed by atoms with Crippen molar-refractivity contribution in [1.82, 2.24) is 4.98 Å². The molecule has 1 aromatic heterocycles. The molecule has 0 spiro atoms. The SMILES string of the molecule is CN(Cc1cccc(F)c1)c1ncccc1CO. The first-order valence-electron chi connectivity index (χ1n) is 5.71. The number of benzene rings is 1. The zero-order valence-electron chi connectivity index (χ0n) is 10.2. The first kappa shape index (κ1) is 12.5. The second kappa shape index (κ2) is 5.60. The Labute approximate surface area is 106 Å². The summed E-state index contributed by atoms with van der Waals surface area (Å²) in [7, 11) is 1.87. The molecule has 4 heteroatoms. The van der Waals surface area contributed by atoms with Crippen molar-refractivity contribution >= 4 is 5.82 Å². The van der Waals surface area contributed by atoms with Crippen LogP contribution in [-0.2, 0) is 13.2 Å². The van der Waals surface area contributed by atoms with Crippen LogP contribution >= 0.6 is 0 Å². The topological polar surface area (TPSA) is 36.4 Å². The largest absolute Gasteiger partial charge is 0.392 e. The molecular weight excluding hydrogens is 231 g/mol. The smallest absolute Gasteiger partial charge is 0.134 e. The van der Waals surface area contributed by atoms with E-state index in [-0.39, 0.29) is 12.4 Å². The Balaban J connectivity index is 2.19. The Kier molecular flexibility index (Phi) is 3.89. The van der Waals surface area contributed by atoms with Gasteiger partial charge in [-0.05, 0) is 23.8 Å². The van der Waals surface area contributed by atoms with E-state index in [0.29, 0.717) is 12.4 Å². The van der Waals surface area contributed by atoms with Gasteiger partial charge in [0.25, 0.3) is 0 Å². The molecule has 0 bridgehead atoms. The van der Waals surface area contributed by atoms with E-state index in [4.69, 9.17) is 0 Å². The number of halogens is 1. The van der Waals surface area contributed by atoms with Crippen molar-refractivity contribution in [3.63, 3.8) is 0 Å². The highest BCUT2D eigenvalue weighted by molar-refractivity contribution is 5.46. The first-order valence-corrected chi connectivity index (χ1v) is 5.71. The summed E-state index contributed by atoms with van der Waals surface area (Å²) in [6.07, 6.45) is 1.68. The molecule has 1 N–H and O–H groups in total. The van der Waals surface area contributed by atoms with Gasteiger partial charge in [-0.25, -0.2) is 9.37 Å². The summed E-state index contributed by atoms with van der Waals surface area (Å²) in [6, 6.07) is 10.1. The molecule has 94 valence electrons. The van der Waals surface area contributed by atoms with E-state index in [1.54, 1.807) is 18.3 Å². The third kappa shape index (κ3) is 2.84. The monoisotopic (exact) mass is 246 g/mol. The maximum Gasteiger partial charge on any atom is 0.134 e. The number of hydrogen-bond donors (Lipinski definition) is 1. The lowest BCUT2D eigenvalue weighted by Crippen LogP contribution is -2.19. The van der Waals surface area contributed by atoms with Crippen LogP contribution in [0.5, 0.6) is 0 Å². The normalized spacial score (nSPS) is 10.4. The number of aliphatic hydroxyl groups excluding tert-OH is 1. The quantitative estimate of drug-likeness (QED) is 0.899. The lowest BCUT2D eigenvalue weighted by atomic mass is 10.2.